The quantitative estimate of drug-likeness (QED) is 0.844. The van der Waals surface area contributed by atoms with Crippen LogP contribution in [0.15, 0.2) is 30.3 Å². The summed E-state index contributed by atoms with van der Waals surface area (Å²) in [7, 11) is 1.40. The molecule has 0 aliphatic heterocycles. The van der Waals surface area contributed by atoms with Gasteiger partial charge in [-0.15, -0.1) is 0 Å². The van der Waals surface area contributed by atoms with Crippen LogP contribution in [0.25, 0.3) is 5.69 Å². The fourth-order valence-corrected chi connectivity index (χ4v) is 2.91. The summed E-state index contributed by atoms with van der Waals surface area (Å²) in [5.41, 5.74) is 2.70. The monoisotopic (exact) mass is 344 g/mol. The maximum atomic E-state index is 12.7. The van der Waals surface area contributed by atoms with E-state index < -0.39 is 17.4 Å². The second kappa shape index (κ2) is 7.11. The number of methoxy groups -OCH3 is 1. The highest BCUT2D eigenvalue weighted by Crippen LogP contribution is 2.22. The molecule has 0 radical (unpaired) electrons. The van der Waals surface area contributed by atoms with Crippen molar-refractivity contribution in [2.24, 2.45) is 0 Å². The Morgan fingerprint density at radius 1 is 1.24 bits per heavy atom. The number of rotatable bonds is 6. The Bertz CT molecular complexity index is 810. The molecule has 134 valence electrons. The van der Waals surface area contributed by atoms with Gasteiger partial charge in [-0.2, -0.15) is 0 Å². The van der Waals surface area contributed by atoms with Crippen molar-refractivity contribution < 1.29 is 19.4 Å². The third-order valence-electron chi connectivity index (χ3n) is 4.23. The number of carboxylic acids is 1. The van der Waals surface area contributed by atoms with Crippen molar-refractivity contribution in [2.75, 3.05) is 13.7 Å². The van der Waals surface area contributed by atoms with E-state index in [9.17, 15) is 14.7 Å². The van der Waals surface area contributed by atoms with Gasteiger partial charge in [0.15, 0.2) is 5.54 Å². The number of nitrogens with one attached hydrogen (secondary N) is 1. The van der Waals surface area contributed by atoms with Crippen molar-refractivity contribution in [1.82, 2.24) is 9.88 Å². The average molecular weight is 344 g/mol. The third kappa shape index (κ3) is 3.74. The van der Waals surface area contributed by atoms with Crippen molar-refractivity contribution >= 4 is 11.9 Å². The number of amides is 1. The molecule has 1 atom stereocenters. The molecule has 6 heteroatoms. The molecule has 0 bridgehead atoms. The van der Waals surface area contributed by atoms with Gasteiger partial charge in [-0.05, 0) is 51.5 Å². The Kier molecular flexibility index (Phi) is 5.33. The van der Waals surface area contributed by atoms with Crippen molar-refractivity contribution in [1.29, 1.82) is 0 Å². The van der Waals surface area contributed by atoms with Gasteiger partial charge in [-0.3, -0.25) is 4.79 Å². The van der Waals surface area contributed by atoms with Gasteiger partial charge in [0, 0.05) is 24.2 Å². The van der Waals surface area contributed by atoms with Crippen molar-refractivity contribution in [3.8, 4) is 5.69 Å². The predicted octanol–water partition coefficient (Wildman–Crippen LogP) is 2.62. The molecule has 0 spiro atoms. The van der Waals surface area contributed by atoms with Crippen LogP contribution in [-0.4, -0.2) is 40.8 Å². The zero-order valence-corrected chi connectivity index (χ0v) is 15.2. The SMILES string of the molecule is COCC(C)(NC(=O)c1cc(C)n(-c2cccc(C)c2)c1C)C(=O)O. The smallest absolute Gasteiger partial charge is 0.331 e. The van der Waals surface area contributed by atoms with Crippen LogP contribution in [-0.2, 0) is 9.53 Å². The molecule has 0 aliphatic rings. The standard InChI is InChI=1S/C19H24N2O4/c1-12-7-6-8-15(9-12)21-13(2)10-16(14(21)3)17(22)20-19(4,11-25-5)18(23)24/h6-10H,11H2,1-5H3,(H,20,22)(H,23,24). The summed E-state index contributed by atoms with van der Waals surface area (Å²) in [6, 6.07) is 9.74. The lowest BCUT2D eigenvalue weighted by Crippen LogP contribution is -2.55. The Labute approximate surface area is 147 Å². The Balaban J connectivity index is 2.40. The molecule has 0 aliphatic carbocycles. The minimum atomic E-state index is -1.49. The minimum Gasteiger partial charge on any atom is -0.479 e. The molecule has 0 saturated heterocycles. The number of aliphatic carboxylic acids is 1. The van der Waals surface area contributed by atoms with Crippen LogP contribution in [0, 0.1) is 20.8 Å². The molecule has 0 fully saturated rings. The largest absolute Gasteiger partial charge is 0.479 e. The highest BCUT2D eigenvalue weighted by atomic mass is 16.5. The van der Waals surface area contributed by atoms with E-state index in [2.05, 4.69) is 5.32 Å². The number of benzene rings is 1. The number of aromatic nitrogens is 1. The molecule has 2 aromatic rings. The zero-order chi connectivity index (χ0) is 18.8. The maximum absolute atomic E-state index is 12.7. The first kappa shape index (κ1) is 18.7. The van der Waals surface area contributed by atoms with E-state index in [0.29, 0.717) is 5.56 Å². The Morgan fingerprint density at radius 3 is 2.48 bits per heavy atom. The summed E-state index contributed by atoms with van der Waals surface area (Å²) < 4.78 is 6.93. The summed E-state index contributed by atoms with van der Waals surface area (Å²) in [6.07, 6.45) is 0. The van der Waals surface area contributed by atoms with E-state index in [1.165, 1.54) is 14.0 Å². The lowest BCUT2D eigenvalue weighted by atomic mass is 10.0. The fraction of sp³-hybridized carbons (Fsp3) is 0.368. The third-order valence-corrected chi connectivity index (χ3v) is 4.23. The topological polar surface area (TPSA) is 80.6 Å². The van der Waals surface area contributed by atoms with Gasteiger partial charge >= 0.3 is 5.97 Å². The lowest BCUT2D eigenvalue weighted by molar-refractivity contribution is -0.145. The molecule has 1 heterocycles. The maximum Gasteiger partial charge on any atom is 0.331 e. The van der Waals surface area contributed by atoms with Crippen LogP contribution in [0.4, 0.5) is 0 Å². The van der Waals surface area contributed by atoms with Crippen LogP contribution in [0.5, 0.6) is 0 Å². The number of aryl methyl sites for hydroxylation is 2. The number of hydrogen-bond donors (Lipinski definition) is 2. The number of hydrogen-bond acceptors (Lipinski definition) is 3. The average Bonchev–Trinajstić information content (AvgIpc) is 2.82. The highest BCUT2D eigenvalue weighted by molar-refractivity contribution is 5.99. The number of nitrogens with zero attached hydrogens (tertiary/aromatic N) is 1. The van der Waals surface area contributed by atoms with Crippen LogP contribution in [0.3, 0.4) is 0 Å². The highest BCUT2D eigenvalue weighted by Gasteiger charge is 2.36. The molecule has 2 N–H and O–H groups in total. The number of carbonyl (C=O) groups excluding carboxylic acids is 1. The summed E-state index contributed by atoms with van der Waals surface area (Å²) in [4.78, 5) is 24.2. The molecule has 1 aromatic carbocycles. The molecule has 1 unspecified atom stereocenters. The summed E-state index contributed by atoms with van der Waals surface area (Å²) in [5, 5.41) is 12.0. The minimum absolute atomic E-state index is 0.120. The first-order valence-electron chi connectivity index (χ1n) is 8.00. The molecule has 6 nitrogen and oxygen atoms in total. The van der Waals surface area contributed by atoms with Crippen LogP contribution in [0.1, 0.15) is 34.2 Å². The summed E-state index contributed by atoms with van der Waals surface area (Å²) >= 11 is 0. The fourth-order valence-electron chi connectivity index (χ4n) is 2.91. The van der Waals surface area contributed by atoms with Crippen LogP contribution in [0.2, 0.25) is 0 Å². The first-order valence-corrected chi connectivity index (χ1v) is 8.00. The van der Waals surface area contributed by atoms with E-state index in [0.717, 1.165) is 22.6 Å². The van der Waals surface area contributed by atoms with Crippen molar-refractivity contribution in [2.45, 2.75) is 33.2 Å². The molecule has 25 heavy (non-hydrogen) atoms. The zero-order valence-electron chi connectivity index (χ0n) is 15.2. The van der Waals surface area contributed by atoms with Crippen LogP contribution >= 0.6 is 0 Å². The van der Waals surface area contributed by atoms with Gasteiger partial charge in [0.1, 0.15) is 0 Å². The van der Waals surface area contributed by atoms with Crippen molar-refractivity contribution in [3.63, 3.8) is 0 Å². The number of carboxylic acid groups (broad SMARTS) is 1. The van der Waals surface area contributed by atoms with Crippen LogP contribution < -0.4 is 5.32 Å². The number of carbonyl (C=O) groups is 2. The van der Waals surface area contributed by atoms with E-state index in [-0.39, 0.29) is 6.61 Å². The molecule has 2 rings (SSSR count). The Hall–Kier alpha value is -2.60. The molecular weight excluding hydrogens is 320 g/mol. The second-order valence-electron chi connectivity index (χ2n) is 6.48. The molecular formula is C19H24N2O4. The number of ether oxygens (including phenoxy) is 1. The van der Waals surface area contributed by atoms with Gasteiger partial charge in [-0.1, -0.05) is 12.1 Å². The van der Waals surface area contributed by atoms with Gasteiger partial charge < -0.3 is 19.7 Å². The van der Waals surface area contributed by atoms with Gasteiger partial charge in [0.25, 0.3) is 5.91 Å². The first-order chi connectivity index (χ1) is 11.7. The second-order valence-corrected chi connectivity index (χ2v) is 6.48. The Morgan fingerprint density at radius 2 is 1.92 bits per heavy atom. The predicted molar refractivity (Wildman–Crippen MR) is 95.4 cm³/mol. The van der Waals surface area contributed by atoms with Gasteiger partial charge in [0.2, 0.25) is 0 Å². The van der Waals surface area contributed by atoms with Gasteiger partial charge in [0.05, 0.1) is 12.2 Å². The van der Waals surface area contributed by atoms with Crippen molar-refractivity contribution in [3.05, 3.63) is 52.8 Å². The van der Waals surface area contributed by atoms with E-state index >= 15 is 0 Å². The summed E-state index contributed by atoms with van der Waals surface area (Å²) in [6.45, 7) is 7.08. The summed E-state index contributed by atoms with van der Waals surface area (Å²) in [5.74, 6) is -1.58. The lowest BCUT2D eigenvalue weighted by Gasteiger charge is -2.25. The molecule has 1 amide bonds. The molecule has 0 saturated carbocycles. The van der Waals surface area contributed by atoms with E-state index in [4.69, 9.17) is 4.74 Å². The van der Waals surface area contributed by atoms with E-state index in [1.807, 2.05) is 49.6 Å². The van der Waals surface area contributed by atoms with E-state index in [1.54, 1.807) is 6.07 Å². The normalized spacial score (nSPS) is 13.3. The van der Waals surface area contributed by atoms with Gasteiger partial charge in [-0.25, -0.2) is 4.79 Å². The molecule has 1 aromatic heterocycles.